The first-order chi connectivity index (χ1) is 10.8. The average molecular weight is 339 g/mol. The van der Waals surface area contributed by atoms with Crippen molar-refractivity contribution in [3.05, 3.63) is 34.9 Å². The number of nitrogens with one attached hydrogen (secondary N) is 1. The van der Waals surface area contributed by atoms with Crippen LogP contribution in [0.2, 0.25) is 5.02 Å². The molecule has 23 heavy (non-hydrogen) atoms. The second kappa shape index (κ2) is 7.54. The first kappa shape index (κ1) is 18.1. The van der Waals surface area contributed by atoms with Crippen molar-refractivity contribution in [3.8, 4) is 0 Å². The van der Waals surface area contributed by atoms with Crippen LogP contribution in [-0.2, 0) is 4.74 Å². The minimum absolute atomic E-state index is 0.146. The van der Waals surface area contributed by atoms with Gasteiger partial charge in [0.25, 0.3) is 0 Å². The molecule has 2 rings (SSSR count). The van der Waals surface area contributed by atoms with Crippen LogP contribution in [0, 0.1) is 0 Å². The number of nitrogens with zero attached hydrogens (tertiary/aromatic N) is 1. The van der Waals surface area contributed by atoms with E-state index in [2.05, 4.69) is 12.2 Å². The fraction of sp³-hybridized carbons (Fsp3) is 0.611. The molecule has 1 fully saturated rings. The Hall–Kier alpha value is -1.26. The van der Waals surface area contributed by atoms with Crippen LogP contribution in [0.3, 0.4) is 0 Å². The summed E-state index contributed by atoms with van der Waals surface area (Å²) < 4.78 is 5.47. The Morgan fingerprint density at radius 1 is 1.39 bits per heavy atom. The molecule has 128 valence electrons. The van der Waals surface area contributed by atoms with E-state index in [1.54, 1.807) is 4.90 Å². The van der Waals surface area contributed by atoms with Crippen LogP contribution in [0.4, 0.5) is 4.79 Å². The predicted octanol–water partition coefficient (Wildman–Crippen LogP) is 4.39. The second-order valence-corrected chi connectivity index (χ2v) is 7.58. The minimum atomic E-state index is -0.456. The normalized spacial score (nSPS) is 20.2. The van der Waals surface area contributed by atoms with Gasteiger partial charge in [0.15, 0.2) is 0 Å². The lowest BCUT2D eigenvalue weighted by molar-refractivity contribution is 0.0184. The number of ether oxygens (including phenoxy) is 1. The van der Waals surface area contributed by atoms with Crippen molar-refractivity contribution in [2.24, 2.45) is 0 Å². The first-order valence-electron chi connectivity index (χ1n) is 8.24. The third-order valence-electron chi connectivity index (χ3n) is 3.93. The molecule has 0 saturated carbocycles. The fourth-order valence-corrected chi connectivity index (χ4v) is 3.17. The summed E-state index contributed by atoms with van der Waals surface area (Å²) in [7, 11) is 0. The average Bonchev–Trinajstić information content (AvgIpc) is 2.46. The Bertz CT molecular complexity index is 542. The third-order valence-corrected chi connectivity index (χ3v) is 4.27. The predicted molar refractivity (Wildman–Crippen MR) is 93.8 cm³/mol. The zero-order valence-electron chi connectivity index (χ0n) is 14.4. The van der Waals surface area contributed by atoms with Crippen LogP contribution in [0.5, 0.6) is 0 Å². The van der Waals surface area contributed by atoms with Crippen LogP contribution >= 0.6 is 11.6 Å². The highest BCUT2D eigenvalue weighted by Crippen LogP contribution is 2.24. The number of rotatable bonds is 3. The Labute approximate surface area is 144 Å². The van der Waals surface area contributed by atoms with E-state index in [-0.39, 0.29) is 18.2 Å². The van der Waals surface area contributed by atoms with E-state index in [0.717, 1.165) is 30.0 Å². The smallest absolute Gasteiger partial charge is 0.410 e. The van der Waals surface area contributed by atoms with Gasteiger partial charge in [-0.25, -0.2) is 4.79 Å². The number of piperidine rings is 1. The molecule has 0 radical (unpaired) electrons. The molecule has 0 bridgehead atoms. The number of benzene rings is 1. The maximum absolute atomic E-state index is 12.2. The van der Waals surface area contributed by atoms with Gasteiger partial charge in [-0.3, -0.25) is 0 Å². The van der Waals surface area contributed by atoms with Crippen molar-refractivity contribution in [2.75, 3.05) is 13.1 Å². The first-order valence-corrected chi connectivity index (χ1v) is 8.62. The highest BCUT2D eigenvalue weighted by atomic mass is 35.5. The molecule has 1 heterocycles. The number of halogens is 1. The molecular weight excluding hydrogens is 312 g/mol. The molecule has 1 unspecified atom stereocenters. The lowest BCUT2D eigenvalue weighted by Gasteiger charge is -2.35. The summed E-state index contributed by atoms with van der Waals surface area (Å²) in [6, 6.07) is 8.27. The molecular formula is C18H27ClN2O2. The maximum atomic E-state index is 12.2. The number of amides is 1. The molecule has 1 N–H and O–H groups in total. The number of hydrogen-bond acceptors (Lipinski definition) is 3. The second-order valence-electron chi connectivity index (χ2n) is 7.18. The zero-order valence-corrected chi connectivity index (χ0v) is 15.2. The standard InChI is InChI=1S/C18H27ClN2O2/c1-13(15-9-5-6-10-16(15)19)20-14-8-7-11-21(12-14)17(22)23-18(2,3)4/h5-6,9-10,13-14,20H,7-8,11-12H2,1-4H3/t13-,14?/m1/s1. The molecule has 2 atom stereocenters. The summed E-state index contributed by atoms with van der Waals surface area (Å²) in [6.07, 6.45) is 1.80. The maximum Gasteiger partial charge on any atom is 0.410 e. The van der Waals surface area contributed by atoms with E-state index in [0.29, 0.717) is 6.54 Å². The van der Waals surface area contributed by atoms with Gasteiger partial charge in [0.05, 0.1) is 0 Å². The van der Waals surface area contributed by atoms with Crippen molar-refractivity contribution < 1.29 is 9.53 Å². The number of carbonyl (C=O) groups excluding carboxylic acids is 1. The van der Waals surface area contributed by atoms with Crippen LogP contribution in [0.25, 0.3) is 0 Å². The lowest BCUT2D eigenvalue weighted by Crippen LogP contribution is -2.49. The molecule has 1 aromatic rings. The molecule has 1 saturated heterocycles. The van der Waals surface area contributed by atoms with E-state index in [1.165, 1.54) is 0 Å². The van der Waals surface area contributed by atoms with Gasteiger partial charge in [0.2, 0.25) is 0 Å². The number of carbonyl (C=O) groups is 1. The van der Waals surface area contributed by atoms with Gasteiger partial charge in [0.1, 0.15) is 5.60 Å². The van der Waals surface area contributed by atoms with Gasteiger partial charge >= 0.3 is 6.09 Å². The fourth-order valence-electron chi connectivity index (χ4n) is 2.88. The molecule has 0 aliphatic carbocycles. The highest BCUT2D eigenvalue weighted by molar-refractivity contribution is 6.31. The monoisotopic (exact) mass is 338 g/mol. The zero-order chi connectivity index (χ0) is 17.0. The summed E-state index contributed by atoms with van der Waals surface area (Å²) in [4.78, 5) is 14.0. The molecule has 1 amide bonds. The van der Waals surface area contributed by atoms with Crippen molar-refractivity contribution in [2.45, 2.75) is 58.2 Å². The molecule has 4 nitrogen and oxygen atoms in total. The van der Waals surface area contributed by atoms with E-state index in [4.69, 9.17) is 16.3 Å². The van der Waals surface area contributed by atoms with Crippen LogP contribution in [0.1, 0.15) is 52.1 Å². The Balaban J connectivity index is 1.94. The lowest BCUT2D eigenvalue weighted by atomic mass is 10.0. The topological polar surface area (TPSA) is 41.6 Å². The summed E-state index contributed by atoms with van der Waals surface area (Å²) in [5, 5.41) is 4.36. The van der Waals surface area contributed by atoms with Crippen molar-refractivity contribution in [1.82, 2.24) is 10.2 Å². The largest absolute Gasteiger partial charge is 0.444 e. The van der Waals surface area contributed by atoms with Crippen molar-refractivity contribution >= 4 is 17.7 Å². The van der Waals surface area contributed by atoms with Gasteiger partial charge in [-0.15, -0.1) is 0 Å². The van der Waals surface area contributed by atoms with Crippen molar-refractivity contribution in [3.63, 3.8) is 0 Å². The summed E-state index contributed by atoms with van der Waals surface area (Å²) in [5.41, 5.74) is 0.631. The van der Waals surface area contributed by atoms with Crippen molar-refractivity contribution in [1.29, 1.82) is 0 Å². The Kier molecular flexibility index (Phi) is 5.93. The molecule has 0 spiro atoms. The van der Waals surface area contributed by atoms with E-state index in [1.807, 2.05) is 45.0 Å². The van der Waals surface area contributed by atoms with E-state index in [9.17, 15) is 4.79 Å². The molecule has 5 heteroatoms. The van der Waals surface area contributed by atoms with E-state index >= 15 is 0 Å². The summed E-state index contributed by atoms with van der Waals surface area (Å²) in [6.45, 7) is 9.21. The highest BCUT2D eigenvalue weighted by Gasteiger charge is 2.28. The number of likely N-dealkylation sites (tertiary alicyclic amines) is 1. The third kappa shape index (κ3) is 5.40. The van der Waals surface area contributed by atoms with Gasteiger partial charge in [-0.1, -0.05) is 29.8 Å². The Morgan fingerprint density at radius 3 is 2.74 bits per heavy atom. The van der Waals surface area contributed by atoms with Gasteiger partial charge in [-0.2, -0.15) is 0 Å². The molecule has 1 aliphatic rings. The molecule has 1 aliphatic heterocycles. The summed E-state index contributed by atoms with van der Waals surface area (Å²) in [5.74, 6) is 0. The quantitative estimate of drug-likeness (QED) is 0.888. The van der Waals surface area contributed by atoms with Gasteiger partial charge < -0.3 is 15.0 Å². The molecule has 0 aromatic heterocycles. The Morgan fingerprint density at radius 2 is 2.09 bits per heavy atom. The van der Waals surface area contributed by atoms with E-state index < -0.39 is 5.60 Å². The summed E-state index contributed by atoms with van der Waals surface area (Å²) >= 11 is 6.26. The van der Waals surface area contributed by atoms with Crippen LogP contribution in [-0.4, -0.2) is 35.7 Å². The minimum Gasteiger partial charge on any atom is -0.444 e. The molecule has 1 aromatic carbocycles. The van der Waals surface area contributed by atoms with Crippen LogP contribution in [0.15, 0.2) is 24.3 Å². The van der Waals surface area contributed by atoms with Gasteiger partial charge in [0, 0.05) is 30.2 Å². The van der Waals surface area contributed by atoms with Crippen LogP contribution < -0.4 is 5.32 Å². The van der Waals surface area contributed by atoms with Gasteiger partial charge in [-0.05, 0) is 52.2 Å². The number of hydrogen-bond donors (Lipinski definition) is 1. The SMILES string of the molecule is C[C@@H](NC1CCCN(C(=O)OC(C)(C)C)C1)c1ccccc1Cl.